The van der Waals surface area contributed by atoms with Crippen molar-refractivity contribution in [2.24, 2.45) is 7.05 Å². The first kappa shape index (κ1) is 15.3. The lowest BCUT2D eigenvalue weighted by atomic mass is 10.1. The molecule has 1 saturated heterocycles. The van der Waals surface area contributed by atoms with Crippen LogP contribution in [0.3, 0.4) is 0 Å². The monoisotopic (exact) mass is 320 g/mol. The topological polar surface area (TPSA) is 34.0 Å². The lowest BCUT2D eigenvalue weighted by Gasteiger charge is -2.26. The number of fused-ring (bicyclic) bond motifs is 1. The van der Waals surface area contributed by atoms with Crippen LogP contribution in [0.1, 0.15) is 36.2 Å². The Morgan fingerprint density at radius 1 is 1.04 bits per heavy atom. The van der Waals surface area contributed by atoms with E-state index in [9.17, 15) is 0 Å². The highest BCUT2D eigenvalue weighted by molar-refractivity contribution is 5.85. The Kier molecular flexibility index (Phi) is 4.30. The minimum Gasteiger partial charge on any atom is -0.347 e. The van der Waals surface area contributed by atoms with Gasteiger partial charge in [-0.2, -0.15) is 0 Å². The molecule has 3 heterocycles. The Bertz CT molecular complexity index is 816. The molecule has 0 bridgehead atoms. The molecule has 0 atom stereocenters. The molecule has 1 aliphatic heterocycles. The fraction of sp³-hybridized carbons (Fsp3) is 0.400. The van der Waals surface area contributed by atoms with E-state index in [1.807, 2.05) is 6.20 Å². The van der Waals surface area contributed by atoms with E-state index >= 15 is 0 Å². The first-order chi connectivity index (χ1) is 11.8. The molecule has 1 fully saturated rings. The van der Waals surface area contributed by atoms with Crippen molar-refractivity contribution in [3.63, 3.8) is 0 Å². The molecule has 4 nitrogen and oxygen atoms in total. The molecular weight excluding hydrogens is 296 g/mol. The number of nitrogens with zero attached hydrogens (tertiary/aromatic N) is 4. The van der Waals surface area contributed by atoms with Crippen LogP contribution < -0.4 is 0 Å². The molecule has 3 aromatic rings. The number of para-hydroxylation sites is 1. The largest absolute Gasteiger partial charge is 0.347 e. The van der Waals surface area contributed by atoms with Gasteiger partial charge in [-0.05, 0) is 37.6 Å². The first-order valence-corrected chi connectivity index (χ1v) is 8.85. The van der Waals surface area contributed by atoms with Crippen LogP contribution in [0.4, 0.5) is 0 Å². The third kappa shape index (κ3) is 2.94. The van der Waals surface area contributed by atoms with Crippen molar-refractivity contribution in [3.8, 4) is 0 Å². The normalized spacial score (nSPS) is 15.9. The summed E-state index contributed by atoms with van der Waals surface area (Å²) in [7, 11) is 2.17. The average molecular weight is 320 g/mol. The highest BCUT2D eigenvalue weighted by atomic mass is 15.1. The summed E-state index contributed by atoms with van der Waals surface area (Å²) in [5.41, 5.74) is 5.16. The molecular formula is C20H24N4. The van der Waals surface area contributed by atoms with Crippen molar-refractivity contribution in [3.05, 3.63) is 59.8 Å². The molecule has 1 aliphatic rings. The number of aryl methyl sites for hydroxylation is 1. The second kappa shape index (κ2) is 6.73. The zero-order chi connectivity index (χ0) is 16.4. The third-order valence-electron chi connectivity index (χ3n) is 5.14. The number of aromatic nitrogens is 3. The molecule has 4 rings (SSSR count). The molecule has 0 aliphatic carbocycles. The van der Waals surface area contributed by atoms with Crippen molar-refractivity contribution in [1.82, 2.24) is 19.4 Å². The van der Waals surface area contributed by atoms with E-state index in [1.165, 1.54) is 54.5 Å². The average Bonchev–Trinajstić information content (AvgIpc) is 2.90. The van der Waals surface area contributed by atoms with Crippen molar-refractivity contribution in [1.29, 1.82) is 0 Å². The fourth-order valence-electron chi connectivity index (χ4n) is 3.86. The van der Waals surface area contributed by atoms with Crippen LogP contribution in [0.2, 0.25) is 0 Å². The van der Waals surface area contributed by atoms with Crippen LogP contribution in [-0.4, -0.2) is 32.5 Å². The third-order valence-corrected chi connectivity index (χ3v) is 5.14. The van der Waals surface area contributed by atoms with Gasteiger partial charge in [-0.3, -0.25) is 14.9 Å². The predicted molar refractivity (Wildman–Crippen MR) is 96.9 cm³/mol. The molecule has 2 aromatic heterocycles. The van der Waals surface area contributed by atoms with Crippen LogP contribution >= 0.6 is 0 Å². The van der Waals surface area contributed by atoms with E-state index in [0.717, 1.165) is 18.7 Å². The summed E-state index contributed by atoms with van der Waals surface area (Å²) in [5.74, 6) is 0. The van der Waals surface area contributed by atoms with Gasteiger partial charge in [0.05, 0.1) is 5.69 Å². The van der Waals surface area contributed by atoms with Gasteiger partial charge in [-0.1, -0.05) is 24.6 Å². The van der Waals surface area contributed by atoms with Gasteiger partial charge in [0, 0.05) is 55.2 Å². The minimum absolute atomic E-state index is 0.836. The fourth-order valence-corrected chi connectivity index (χ4v) is 3.86. The maximum atomic E-state index is 4.48. The van der Waals surface area contributed by atoms with Crippen LogP contribution in [0, 0.1) is 0 Å². The van der Waals surface area contributed by atoms with Gasteiger partial charge in [-0.15, -0.1) is 0 Å². The lowest BCUT2D eigenvalue weighted by Crippen LogP contribution is -2.29. The van der Waals surface area contributed by atoms with Gasteiger partial charge < -0.3 is 4.57 Å². The van der Waals surface area contributed by atoms with Gasteiger partial charge in [0.15, 0.2) is 0 Å². The van der Waals surface area contributed by atoms with Gasteiger partial charge in [0.2, 0.25) is 0 Å². The van der Waals surface area contributed by atoms with Gasteiger partial charge in [-0.25, -0.2) is 0 Å². The Morgan fingerprint density at radius 3 is 2.67 bits per heavy atom. The van der Waals surface area contributed by atoms with E-state index in [4.69, 9.17) is 0 Å². The van der Waals surface area contributed by atoms with Crippen molar-refractivity contribution in [2.45, 2.75) is 32.2 Å². The van der Waals surface area contributed by atoms with Gasteiger partial charge in [0.25, 0.3) is 0 Å². The summed E-state index contributed by atoms with van der Waals surface area (Å²) in [6.45, 7) is 3.47. The minimum atomic E-state index is 0.836. The predicted octanol–water partition coefficient (Wildman–Crippen LogP) is 3.55. The molecule has 0 unspecified atom stereocenters. The smallest absolute Gasteiger partial charge is 0.0645 e. The number of rotatable bonds is 4. The van der Waals surface area contributed by atoms with Gasteiger partial charge in [0.1, 0.15) is 0 Å². The number of likely N-dealkylation sites (tertiary alicyclic amines) is 1. The number of hydrogen-bond donors (Lipinski definition) is 0. The van der Waals surface area contributed by atoms with E-state index in [1.54, 1.807) is 12.4 Å². The number of hydrogen-bond acceptors (Lipinski definition) is 3. The summed E-state index contributed by atoms with van der Waals surface area (Å²) >= 11 is 0. The highest BCUT2D eigenvalue weighted by Gasteiger charge is 2.19. The Labute approximate surface area is 143 Å². The quantitative estimate of drug-likeness (QED) is 0.737. The number of piperidine rings is 1. The maximum absolute atomic E-state index is 4.48. The Morgan fingerprint density at radius 2 is 1.88 bits per heavy atom. The summed E-state index contributed by atoms with van der Waals surface area (Å²) < 4.78 is 2.34. The SMILES string of the molecule is Cn1c(Cc2cnccn2)c(CN2CCCCC2)c2ccccc21. The molecule has 4 heteroatoms. The molecule has 24 heavy (non-hydrogen) atoms. The zero-order valence-corrected chi connectivity index (χ0v) is 14.3. The lowest BCUT2D eigenvalue weighted by molar-refractivity contribution is 0.221. The summed E-state index contributed by atoms with van der Waals surface area (Å²) in [6.07, 6.45) is 10.2. The highest BCUT2D eigenvalue weighted by Crippen LogP contribution is 2.29. The number of benzene rings is 1. The summed E-state index contributed by atoms with van der Waals surface area (Å²) in [4.78, 5) is 11.3. The van der Waals surface area contributed by atoms with Crippen LogP contribution in [-0.2, 0) is 20.0 Å². The van der Waals surface area contributed by atoms with Crippen LogP contribution in [0.15, 0.2) is 42.9 Å². The van der Waals surface area contributed by atoms with Crippen molar-refractivity contribution >= 4 is 10.9 Å². The Balaban J connectivity index is 1.75. The second-order valence-electron chi connectivity index (χ2n) is 6.71. The molecule has 0 spiro atoms. The van der Waals surface area contributed by atoms with E-state index in [2.05, 4.69) is 50.7 Å². The maximum Gasteiger partial charge on any atom is 0.0645 e. The van der Waals surface area contributed by atoms with Crippen molar-refractivity contribution in [2.75, 3.05) is 13.1 Å². The molecule has 0 saturated carbocycles. The zero-order valence-electron chi connectivity index (χ0n) is 14.3. The Hall–Kier alpha value is -2.20. The molecule has 0 amide bonds. The van der Waals surface area contributed by atoms with Crippen LogP contribution in [0.5, 0.6) is 0 Å². The molecule has 0 radical (unpaired) electrons. The summed E-state index contributed by atoms with van der Waals surface area (Å²) in [6, 6.07) is 8.75. The van der Waals surface area contributed by atoms with E-state index < -0.39 is 0 Å². The first-order valence-electron chi connectivity index (χ1n) is 8.85. The van der Waals surface area contributed by atoms with E-state index in [-0.39, 0.29) is 0 Å². The second-order valence-corrected chi connectivity index (χ2v) is 6.71. The van der Waals surface area contributed by atoms with Gasteiger partial charge >= 0.3 is 0 Å². The molecule has 124 valence electrons. The summed E-state index contributed by atoms with van der Waals surface area (Å²) in [5, 5.41) is 1.38. The standard InChI is InChI=1S/C20H24N4/c1-23-19-8-4-3-7-17(19)18(15-24-11-5-2-6-12-24)20(23)13-16-14-21-9-10-22-16/h3-4,7-10,14H,2,5-6,11-13,15H2,1H3. The van der Waals surface area contributed by atoms with E-state index in [0.29, 0.717) is 0 Å². The van der Waals surface area contributed by atoms with Crippen LogP contribution in [0.25, 0.3) is 10.9 Å². The molecule has 1 aromatic carbocycles. The molecule has 0 N–H and O–H groups in total. The van der Waals surface area contributed by atoms with Crippen molar-refractivity contribution < 1.29 is 0 Å².